The summed E-state index contributed by atoms with van der Waals surface area (Å²) in [6.07, 6.45) is 1.50. The van der Waals surface area contributed by atoms with Crippen LogP contribution in [0.1, 0.15) is 27.0 Å². The Morgan fingerprint density at radius 1 is 1.21 bits per heavy atom. The monoisotopic (exact) mass is 251 g/mol. The molecule has 0 unspecified atom stereocenters. The molecule has 1 aliphatic rings. The lowest BCUT2D eigenvalue weighted by atomic mass is 9.98. The van der Waals surface area contributed by atoms with Crippen LogP contribution in [0.15, 0.2) is 42.5 Å². The topological polar surface area (TPSA) is 29.1 Å². The van der Waals surface area contributed by atoms with Gasteiger partial charge in [0.2, 0.25) is 0 Å². The van der Waals surface area contributed by atoms with Gasteiger partial charge in [0, 0.05) is 24.2 Å². The molecule has 2 heteroatoms. The second-order valence-corrected chi connectivity index (χ2v) is 5.08. The van der Waals surface area contributed by atoms with E-state index in [0.717, 1.165) is 24.1 Å². The second kappa shape index (κ2) is 4.88. The maximum absolute atomic E-state index is 12.3. The largest absolute Gasteiger partial charge is 0.384 e. The molecule has 0 aromatic heterocycles. The molecule has 2 aromatic rings. The van der Waals surface area contributed by atoms with Crippen molar-refractivity contribution in [1.82, 2.24) is 0 Å². The molecule has 0 fully saturated rings. The summed E-state index contributed by atoms with van der Waals surface area (Å²) >= 11 is 0. The second-order valence-electron chi connectivity index (χ2n) is 5.08. The van der Waals surface area contributed by atoms with Gasteiger partial charge in [-0.3, -0.25) is 4.79 Å². The molecule has 0 spiro atoms. The Balaban J connectivity index is 1.83. The normalized spacial score (nSPS) is 12.9. The summed E-state index contributed by atoms with van der Waals surface area (Å²) in [5.41, 5.74) is 5.55. The van der Waals surface area contributed by atoms with Crippen molar-refractivity contribution in [3.05, 3.63) is 64.7 Å². The lowest BCUT2D eigenvalue weighted by molar-refractivity contribution is 0.0992. The molecule has 0 radical (unpaired) electrons. The first kappa shape index (κ1) is 12.0. The summed E-state index contributed by atoms with van der Waals surface area (Å²) in [5, 5.41) is 3.31. The Bertz CT molecular complexity index is 631. The standard InChI is InChI=1S/C17H17NO/c1-12-4-2-3-5-13(12)11-17(19)15-6-7-16-14(10-15)8-9-18-16/h2-7,10,18H,8-9,11H2,1H3. The zero-order chi connectivity index (χ0) is 13.2. The van der Waals surface area contributed by atoms with Crippen LogP contribution in [0.5, 0.6) is 0 Å². The van der Waals surface area contributed by atoms with E-state index in [1.807, 2.05) is 36.4 Å². The summed E-state index contributed by atoms with van der Waals surface area (Å²) in [4.78, 5) is 12.3. The number of carbonyl (C=O) groups excluding carboxylic acids is 1. The molecule has 3 rings (SSSR count). The summed E-state index contributed by atoms with van der Waals surface area (Å²) < 4.78 is 0. The molecule has 2 nitrogen and oxygen atoms in total. The number of ketones is 1. The Kier molecular flexibility index (Phi) is 3.08. The predicted molar refractivity (Wildman–Crippen MR) is 77.8 cm³/mol. The summed E-state index contributed by atoms with van der Waals surface area (Å²) in [6, 6.07) is 14.1. The van der Waals surface area contributed by atoms with Crippen LogP contribution in [0.2, 0.25) is 0 Å². The van der Waals surface area contributed by atoms with Gasteiger partial charge in [-0.1, -0.05) is 24.3 Å². The summed E-state index contributed by atoms with van der Waals surface area (Å²) in [5.74, 6) is 0.198. The molecular weight excluding hydrogens is 234 g/mol. The fraction of sp³-hybridized carbons (Fsp3) is 0.235. The predicted octanol–water partition coefficient (Wildman–Crippen LogP) is 3.39. The van der Waals surface area contributed by atoms with Gasteiger partial charge in [0.15, 0.2) is 5.78 Å². The number of Topliss-reactive ketones (excluding diaryl/α,β-unsaturated/α-hetero) is 1. The minimum absolute atomic E-state index is 0.198. The maximum atomic E-state index is 12.3. The van der Waals surface area contributed by atoms with Gasteiger partial charge in [-0.2, -0.15) is 0 Å². The van der Waals surface area contributed by atoms with E-state index < -0.39 is 0 Å². The highest BCUT2D eigenvalue weighted by molar-refractivity contribution is 5.98. The van der Waals surface area contributed by atoms with Crippen molar-refractivity contribution in [2.75, 3.05) is 11.9 Å². The Morgan fingerprint density at radius 2 is 2.05 bits per heavy atom. The third-order valence-electron chi connectivity index (χ3n) is 3.75. The van der Waals surface area contributed by atoms with E-state index in [0.29, 0.717) is 6.42 Å². The van der Waals surface area contributed by atoms with Crippen LogP contribution in [-0.2, 0) is 12.8 Å². The summed E-state index contributed by atoms with van der Waals surface area (Å²) in [6.45, 7) is 3.03. The Labute approximate surface area is 113 Å². The van der Waals surface area contributed by atoms with E-state index in [9.17, 15) is 4.79 Å². The molecule has 0 amide bonds. The molecular formula is C17H17NO. The minimum Gasteiger partial charge on any atom is -0.384 e. The smallest absolute Gasteiger partial charge is 0.167 e. The molecule has 1 heterocycles. The van der Waals surface area contributed by atoms with Crippen molar-refractivity contribution in [1.29, 1.82) is 0 Å². The molecule has 0 aliphatic carbocycles. The third-order valence-corrected chi connectivity index (χ3v) is 3.75. The average molecular weight is 251 g/mol. The van der Waals surface area contributed by atoms with Gasteiger partial charge < -0.3 is 5.32 Å². The van der Waals surface area contributed by atoms with Crippen LogP contribution < -0.4 is 5.32 Å². The van der Waals surface area contributed by atoms with Crippen LogP contribution in [0.4, 0.5) is 5.69 Å². The molecule has 1 aliphatic heterocycles. The van der Waals surface area contributed by atoms with Crippen molar-refractivity contribution in [2.45, 2.75) is 19.8 Å². The van der Waals surface area contributed by atoms with Crippen LogP contribution in [0.3, 0.4) is 0 Å². The lowest BCUT2D eigenvalue weighted by Gasteiger charge is -2.06. The fourth-order valence-electron chi connectivity index (χ4n) is 2.56. The molecule has 0 bridgehead atoms. The average Bonchev–Trinajstić information content (AvgIpc) is 2.88. The maximum Gasteiger partial charge on any atom is 0.167 e. The van der Waals surface area contributed by atoms with Crippen LogP contribution in [-0.4, -0.2) is 12.3 Å². The number of carbonyl (C=O) groups is 1. The molecule has 0 atom stereocenters. The van der Waals surface area contributed by atoms with Crippen molar-refractivity contribution in [2.24, 2.45) is 0 Å². The molecule has 0 saturated heterocycles. The zero-order valence-corrected chi connectivity index (χ0v) is 11.1. The van der Waals surface area contributed by atoms with Crippen molar-refractivity contribution < 1.29 is 4.79 Å². The Hall–Kier alpha value is -2.09. The van der Waals surface area contributed by atoms with Crippen molar-refractivity contribution >= 4 is 11.5 Å². The van der Waals surface area contributed by atoms with Crippen molar-refractivity contribution in [3.63, 3.8) is 0 Å². The quantitative estimate of drug-likeness (QED) is 0.847. The van der Waals surface area contributed by atoms with E-state index in [2.05, 4.69) is 18.3 Å². The minimum atomic E-state index is 0.198. The number of nitrogens with one attached hydrogen (secondary N) is 1. The van der Waals surface area contributed by atoms with Gasteiger partial charge in [0.05, 0.1) is 0 Å². The first-order valence-corrected chi connectivity index (χ1v) is 6.68. The van der Waals surface area contributed by atoms with Gasteiger partial charge >= 0.3 is 0 Å². The lowest BCUT2D eigenvalue weighted by Crippen LogP contribution is -2.05. The number of aryl methyl sites for hydroxylation is 1. The van der Waals surface area contributed by atoms with E-state index in [1.165, 1.54) is 16.8 Å². The Morgan fingerprint density at radius 3 is 2.89 bits per heavy atom. The van der Waals surface area contributed by atoms with Gasteiger partial charge in [-0.05, 0) is 48.2 Å². The first-order valence-electron chi connectivity index (χ1n) is 6.68. The molecule has 19 heavy (non-hydrogen) atoms. The van der Waals surface area contributed by atoms with E-state index >= 15 is 0 Å². The van der Waals surface area contributed by atoms with Gasteiger partial charge in [0.1, 0.15) is 0 Å². The molecule has 0 saturated carbocycles. The van der Waals surface area contributed by atoms with Gasteiger partial charge in [-0.25, -0.2) is 0 Å². The van der Waals surface area contributed by atoms with E-state index in [-0.39, 0.29) is 5.78 Å². The number of hydrogen-bond donors (Lipinski definition) is 1. The number of anilines is 1. The zero-order valence-electron chi connectivity index (χ0n) is 11.1. The number of fused-ring (bicyclic) bond motifs is 1. The van der Waals surface area contributed by atoms with E-state index in [1.54, 1.807) is 0 Å². The number of hydrogen-bond acceptors (Lipinski definition) is 2. The SMILES string of the molecule is Cc1ccccc1CC(=O)c1ccc2c(c1)CCN2. The van der Waals surface area contributed by atoms with Gasteiger partial charge in [-0.15, -0.1) is 0 Å². The van der Waals surface area contributed by atoms with Crippen LogP contribution >= 0.6 is 0 Å². The molecule has 1 N–H and O–H groups in total. The first-order chi connectivity index (χ1) is 9.24. The number of benzene rings is 2. The summed E-state index contributed by atoms with van der Waals surface area (Å²) in [7, 11) is 0. The molecule has 96 valence electrons. The highest BCUT2D eigenvalue weighted by atomic mass is 16.1. The number of rotatable bonds is 3. The van der Waals surface area contributed by atoms with E-state index in [4.69, 9.17) is 0 Å². The highest BCUT2D eigenvalue weighted by Gasteiger charge is 2.14. The highest BCUT2D eigenvalue weighted by Crippen LogP contribution is 2.23. The van der Waals surface area contributed by atoms with Crippen LogP contribution in [0.25, 0.3) is 0 Å². The fourth-order valence-corrected chi connectivity index (χ4v) is 2.56. The van der Waals surface area contributed by atoms with Crippen molar-refractivity contribution in [3.8, 4) is 0 Å². The third kappa shape index (κ3) is 2.39. The van der Waals surface area contributed by atoms with Crippen LogP contribution in [0, 0.1) is 6.92 Å². The molecule has 2 aromatic carbocycles. The van der Waals surface area contributed by atoms with Gasteiger partial charge in [0.25, 0.3) is 0 Å².